The number of aliphatic carboxylic acids is 1. The van der Waals surface area contributed by atoms with Crippen LogP contribution in [0.4, 0.5) is 0 Å². The quantitative estimate of drug-likeness (QED) is 0.709. The Morgan fingerprint density at radius 2 is 2.21 bits per heavy atom. The molecule has 1 rings (SSSR count). The molecule has 0 radical (unpaired) electrons. The first-order valence-corrected chi connectivity index (χ1v) is 5.54. The molecule has 0 spiro atoms. The summed E-state index contributed by atoms with van der Waals surface area (Å²) in [6, 6.07) is 3.88. The Hall–Kier alpha value is -0.870. The topological polar surface area (TPSA) is 49.3 Å². The Bertz CT molecular complexity index is 296. The standard InChI is InChI=1S/C10H15NO2S/c1-2-5-11-7-9-4-3-8(14-9)6-10(12)13/h3-4,11H,2,5-7H2,1H3,(H,12,13). The molecule has 0 atom stereocenters. The second-order valence-electron chi connectivity index (χ2n) is 3.12. The van der Waals surface area contributed by atoms with E-state index in [2.05, 4.69) is 12.2 Å². The molecular formula is C10H15NO2S. The summed E-state index contributed by atoms with van der Waals surface area (Å²) in [7, 11) is 0. The predicted octanol–water partition coefficient (Wildman–Crippen LogP) is 1.87. The van der Waals surface area contributed by atoms with E-state index in [1.807, 2.05) is 12.1 Å². The molecule has 78 valence electrons. The molecule has 1 aromatic rings. The maximum Gasteiger partial charge on any atom is 0.308 e. The number of hydrogen-bond donors (Lipinski definition) is 2. The molecule has 0 aliphatic carbocycles. The van der Waals surface area contributed by atoms with Gasteiger partial charge >= 0.3 is 5.97 Å². The van der Waals surface area contributed by atoms with Crippen LogP contribution in [0.2, 0.25) is 0 Å². The highest BCUT2D eigenvalue weighted by atomic mass is 32.1. The fourth-order valence-electron chi connectivity index (χ4n) is 1.15. The Kier molecular flexibility index (Phi) is 4.62. The first kappa shape index (κ1) is 11.2. The van der Waals surface area contributed by atoms with Gasteiger partial charge in [0.2, 0.25) is 0 Å². The summed E-state index contributed by atoms with van der Waals surface area (Å²) < 4.78 is 0. The van der Waals surface area contributed by atoms with Crippen molar-refractivity contribution in [3.63, 3.8) is 0 Å². The molecule has 3 nitrogen and oxygen atoms in total. The van der Waals surface area contributed by atoms with Crippen molar-refractivity contribution >= 4 is 17.3 Å². The lowest BCUT2D eigenvalue weighted by Crippen LogP contribution is -2.12. The van der Waals surface area contributed by atoms with Gasteiger partial charge < -0.3 is 10.4 Å². The van der Waals surface area contributed by atoms with Crippen LogP contribution in [0, 0.1) is 0 Å². The van der Waals surface area contributed by atoms with Crippen LogP contribution >= 0.6 is 11.3 Å². The van der Waals surface area contributed by atoms with Gasteiger partial charge in [0.1, 0.15) is 0 Å². The van der Waals surface area contributed by atoms with E-state index in [-0.39, 0.29) is 6.42 Å². The highest BCUT2D eigenvalue weighted by Gasteiger charge is 2.03. The third-order valence-electron chi connectivity index (χ3n) is 1.77. The van der Waals surface area contributed by atoms with Crippen LogP contribution in [0.1, 0.15) is 23.1 Å². The molecule has 0 aliphatic rings. The van der Waals surface area contributed by atoms with Gasteiger partial charge in [-0.1, -0.05) is 6.92 Å². The molecule has 2 N–H and O–H groups in total. The number of hydrogen-bond acceptors (Lipinski definition) is 3. The van der Waals surface area contributed by atoms with E-state index in [0.717, 1.165) is 24.4 Å². The predicted molar refractivity (Wildman–Crippen MR) is 57.7 cm³/mol. The molecule has 0 unspecified atom stereocenters. The summed E-state index contributed by atoms with van der Waals surface area (Å²) in [5.41, 5.74) is 0. The lowest BCUT2D eigenvalue weighted by Gasteiger charge is -1.98. The summed E-state index contributed by atoms with van der Waals surface area (Å²) in [6.45, 7) is 3.97. The Labute approximate surface area is 87.8 Å². The summed E-state index contributed by atoms with van der Waals surface area (Å²) in [6.07, 6.45) is 1.26. The third kappa shape index (κ3) is 3.89. The summed E-state index contributed by atoms with van der Waals surface area (Å²) >= 11 is 1.57. The van der Waals surface area contributed by atoms with E-state index in [1.165, 1.54) is 4.88 Å². The maximum absolute atomic E-state index is 10.4. The van der Waals surface area contributed by atoms with Crippen molar-refractivity contribution in [1.82, 2.24) is 5.32 Å². The summed E-state index contributed by atoms with van der Waals surface area (Å²) in [5, 5.41) is 11.9. The van der Waals surface area contributed by atoms with Crippen LogP contribution < -0.4 is 5.32 Å². The smallest absolute Gasteiger partial charge is 0.308 e. The fraction of sp³-hybridized carbons (Fsp3) is 0.500. The zero-order chi connectivity index (χ0) is 10.4. The van der Waals surface area contributed by atoms with Crippen LogP contribution in [0.3, 0.4) is 0 Å². The van der Waals surface area contributed by atoms with Crippen molar-refractivity contribution < 1.29 is 9.90 Å². The minimum Gasteiger partial charge on any atom is -0.481 e. The minimum atomic E-state index is -0.764. The highest BCUT2D eigenvalue weighted by Crippen LogP contribution is 2.16. The molecule has 0 saturated carbocycles. The van der Waals surface area contributed by atoms with Crippen LogP contribution in [-0.4, -0.2) is 17.6 Å². The Morgan fingerprint density at radius 1 is 1.50 bits per heavy atom. The van der Waals surface area contributed by atoms with Crippen molar-refractivity contribution in [1.29, 1.82) is 0 Å². The van der Waals surface area contributed by atoms with Gasteiger partial charge in [-0.15, -0.1) is 11.3 Å². The maximum atomic E-state index is 10.4. The Balaban J connectivity index is 2.38. The molecule has 0 bridgehead atoms. The largest absolute Gasteiger partial charge is 0.481 e. The van der Waals surface area contributed by atoms with Gasteiger partial charge in [-0.25, -0.2) is 0 Å². The zero-order valence-corrected chi connectivity index (χ0v) is 9.06. The van der Waals surface area contributed by atoms with Gasteiger partial charge in [-0.2, -0.15) is 0 Å². The first-order valence-electron chi connectivity index (χ1n) is 4.72. The average Bonchev–Trinajstić information content (AvgIpc) is 2.52. The highest BCUT2D eigenvalue weighted by molar-refractivity contribution is 7.12. The third-order valence-corrected chi connectivity index (χ3v) is 2.85. The van der Waals surface area contributed by atoms with Gasteiger partial charge in [0, 0.05) is 16.3 Å². The van der Waals surface area contributed by atoms with E-state index >= 15 is 0 Å². The lowest BCUT2D eigenvalue weighted by atomic mass is 10.3. The van der Waals surface area contributed by atoms with E-state index in [9.17, 15) is 4.79 Å². The number of rotatable bonds is 6. The summed E-state index contributed by atoms with van der Waals surface area (Å²) in [5.74, 6) is -0.764. The fourth-order valence-corrected chi connectivity index (χ4v) is 2.13. The first-order chi connectivity index (χ1) is 6.72. The van der Waals surface area contributed by atoms with Crippen molar-refractivity contribution in [2.24, 2.45) is 0 Å². The van der Waals surface area contributed by atoms with E-state index in [4.69, 9.17) is 5.11 Å². The second kappa shape index (κ2) is 5.78. The van der Waals surface area contributed by atoms with Gasteiger partial charge in [-0.05, 0) is 25.1 Å². The van der Waals surface area contributed by atoms with Gasteiger partial charge in [0.25, 0.3) is 0 Å². The number of carboxylic acids is 1. The minimum absolute atomic E-state index is 0.137. The number of thiophene rings is 1. The molecule has 4 heteroatoms. The summed E-state index contributed by atoms with van der Waals surface area (Å²) in [4.78, 5) is 12.6. The van der Waals surface area contributed by atoms with Crippen LogP contribution in [0.25, 0.3) is 0 Å². The van der Waals surface area contributed by atoms with Crippen LogP contribution in [0.15, 0.2) is 12.1 Å². The molecule has 0 amide bonds. The molecule has 0 aliphatic heterocycles. The monoisotopic (exact) mass is 213 g/mol. The normalized spacial score (nSPS) is 10.4. The van der Waals surface area contributed by atoms with E-state index < -0.39 is 5.97 Å². The van der Waals surface area contributed by atoms with Crippen molar-refractivity contribution in [3.05, 3.63) is 21.9 Å². The van der Waals surface area contributed by atoms with Crippen LogP contribution in [0.5, 0.6) is 0 Å². The lowest BCUT2D eigenvalue weighted by molar-refractivity contribution is -0.136. The van der Waals surface area contributed by atoms with Gasteiger partial charge in [-0.3, -0.25) is 4.79 Å². The SMILES string of the molecule is CCCNCc1ccc(CC(=O)O)s1. The van der Waals surface area contributed by atoms with Crippen molar-refractivity contribution in [2.45, 2.75) is 26.3 Å². The molecule has 1 heterocycles. The molecule has 0 fully saturated rings. The number of carbonyl (C=O) groups is 1. The van der Waals surface area contributed by atoms with Gasteiger partial charge in [0.05, 0.1) is 6.42 Å². The van der Waals surface area contributed by atoms with Gasteiger partial charge in [0.15, 0.2) is 0 Å². The van der Waals surface area contributed by atoms with Crippen molar-refractivity contribution in [3.8, 4) is 0 Å². The molecule has 1 aromatic heterocycles. The number of nitrogens with one attached hydrogen (secondary N) is 1. The molecule has 0 saturated heterocycles. The molecule has 14 heavy (non-hydrogen) atoms. The van der Waals surface area contributed by atoms with Crippen molar-refractivity contribution in [2.75, 3.05) is 6.54 Å². The average molecular weight is 213 g/mol. The zero-order valence-electron chi connectivity index (χ0n) is 8.25. The molecular weight excluding hydrogens is 198 g/mol. The number of carboxylic acid groups (broad SMARTS) is 1. The van der Waals surface area contributed by atoms with E-state index in [0.29, 0.717) is 0 Å². The second-order valence-corrected chi connectivity index (χ2v) is 4.37. The van der Waals surface area contributed by atoms with Crippen LogP contribution in [-0.2, 0) is 17.8 Å². The Morgan fingerprint density at radius 3 is 2.86 bits per heavy atom. The van der Waals surface area contributed by atoms with E-state index in [1.54, 1.807) is 11.3 Å². The molecule has 0 aromatic carbocycles.